The van der Waals surface area contributed by atoms with Crippen LogP contribution in [0.1, 0.15) is 56.2 Å². The molecule has 3 nitrogen and oxygen atoms in total. The van der Waals surface area contributed by atoms with E-state index in [4.69, 9.17) is 4.74 Å². The Balaban J connectivity index is 1.80. The van der Waals surface area contributed by atoms with Crippen molar-refractivity contribution in [2.75, 3.05) is 13.2 Å². The van der Waals surface area contributed by atoms with Gasteiger partial charge >= 0.3 is 0 Å². The predicted molar refractivity (Wildman–Crippen MR) is 83.1 cm³/mol. The number of nitrogens with zero attached hydrogens (tertiary/aromatic N) is 1. The van der Waals surface area contributed by atoms with Gasteiger partial charge in [-0.25, -0.2) is 0 Å². The third-order valence-corrected chi connectivity index (χ3v) is 4.79. The topological polar surface area (TPSA) is 29.5 Å². The summed E-state index contributed by atoms with van der Waals surface area (Å²) in [4.78, 5) is 14.9. The lowest BCUT2D eigenvalue weighted by molar-refractivity contribution is -0.147. The van der Waals surface area contributed by atoms with Gasteiger partial charge in [0.2, 0.25) is 0 Å². The van der Waals surface area contributed by atoms with Crippen molar-refractivity contribution in [3.8, 4) is 0 Å². The maximum Gasteiger partial charge on any atom is 0.252 e. The molecule has 0 saturated carbocycles. The average molecular weight is 287 g/mol. The molecule has 1 unspecified atom stereocenters. The van der Waals surface area contributed by atoms with E-state index in [1.54, 1.807) is 0 Å². The van der Waals surface area contributed by atoms with Gasteiger partial charge < -0.3 is 9.64 Å². The summed E-state index contributed by atoms with van der Waals surface area (Å²) in [6, 6.07) is 8.81. The molecule has 3 heteroatoms. The van der Waals surface area contributed by atoms with Crippen LogP contribution in [0.4, 0.5) is 0 Å². The van der Waals surface area contributed by atoms with Crippen molar-refractivity contribution >= 4 is 5.91 Å². The lowest BCUT2D eigenvalue weighted by Gasteiger charge is -2.31. The highest BCUT2D eigenvalue weighted by Crippen LogP contribution is 2.35. The molecule has 114 valence electrons. The number of rotatable bonds is 3. The van der Waals surface area contributed by atoms with E-state index in [9.17, 15) is 4.79 Å². The van der Waals surface area contributed by atoms with Crippen LogP contribution >= 0.6 is 0 Å². The number of hydrogen-bond donors (Lipinski definition) is 0. The molecule has 0 bridgehead atoms. The van der Waals surface area contributed by atoms with Gasteiger partial charge in [-0.15, -0.1) is 0 Å². The van der Waals surface area contributed by atoms with Gasteiger partial charge in [-0.1, -0.05) is 31.2 Å². The van der Waals surface area contributed by atoms with Crippen LogP contribution in [0.2, 0.25) is 0 Å². The summed E-state index contributed by atoms with van der Waals surface area (Å²) in [5.74, 6) is 0.211. The average Bonchev–Trinajstić information content (AvgIpc) is 3.04. The number of carbonyl (C=O) groups excluding carboxylic acids is 1. The first-order valence-electron chi connectivity index (χ1n) is 8.31. The zero-order valence-corrected chi connectivity index (χ0v) is 12.9. The number of hydrogen-bond acceptors (Lipinski definition) is 2. The molecular formula is C18H25NO2. The SMILES string of the molecule is CCc1ccccc1C1CCCN1C(=O)[C@@H]1CCCCO1. The van der Waals surface area contributed by atoms with Crippen LogP contribution in [0, 0.1) is 0 Å². The van der Waals surface area contributed by atoms with E-state index in [-0.39, 0.29) is 18.1 Å². The highest BCUT2D eigenvalue weighted by Gasteiger charge is 2.35. The smallest absolute Gasteiger partial charge is 0.252 e. The number of carbonyl (C=O) groups is 1. The fourth-order valence-electron chi connectivity index (χ4n) is 3.66. The Morgan fingerprint density at radius 1 is 1.24 bits per heavy atom. The van der Waals surface area contributed by atoms with E-state index in [0.717, 1.165) is 51.7 Å². The van der Waals surface area contributed by atoms with Crippen molar-refractivity contribution in [2.24, 2.45) is 0 Å². The van der Waals surface area contributed by atoms with Crippen LogP contribution in [-0.2, 0) is 16.0 Å². The molecular weight excluding hydrogens is 262 g/mol. The van der Waals surface area contributed by atoms with Gasteiger partial charge in [-0.3, -0.25) is 4.79 Å². The Morgan fingerprint density at radius 2 is 2.10 bits per heavy atom. The summed E-state index contributed by atoms with van der Waals surface area (Å²) in [5.41, 5.74) is 2.70. The molecule has 0 radical (unpaired) electrons. The second kappa shape index (κ2) is 6.61. The largest absolute Gasteiger partial charge is 0.368 e. The van der Waals surface area contributed by atoms with Gasteiger partial charge in [0.15, 0.2) is 0 Å². The number of likely N-dealkylation sites (tertiary alicyclic amines) is 1. The van der Waals surface area contributed by atoms with Crippen LogP contribution in [0.25, 0.3) is 0 Å². The first kappa shape index (κ1) is 14.6. The van der Waals surface area contributed by atoms with Gasteiger partial charge in [0, 0.05) is 13.2 Å². The monoisotopic (exact) mass is 287 g/mol. The molecule has 0 aliphatic carbocycles. The Hall–Kier alpha value is -1.35. The number of benzene rings is 1. The molecule has 1 aromatic carbocycles. The minimum atomic E-state index is -0.201. The third kappa shape index (κ3) is 2.98. The molecule has 3 rings (SSSR count). The predicted octanol–water partition coefficient (Wildman–Crippen LogP) is 3.48. The Bertz CT molecular complexity index is 494. The normalized spacial score (nSPS) is 26.0. The molecule has 2 atom stereocenters. The van der Waals surface area contributed by atoms with Crippen LogP contribution in [-0.4, -0.2) is 30.1 Å². The molecule has 2 fully saturated rings. The van der Waals surface area contributed by atoms with Gasteiger partial charge in [-0.2, -0.15) is 0 Å². The van der Waals surface area contributed by atoms with Crippen molar-refractivity contribution < 1.29 is 9.53 Å². The standard InChI is InChI=1S/C18H25NO2/c1-2-14-8-3-4-9-15(14)16-10-7-12-19(16)18(20)17-11-5-6-13-21-17/h3-4,8-9,16-17H,2,5-7,10-13H2,1H3/t16?,17-/m0/s1. The number of amides is 1. The Morgan fingerprint density at radius 3 is 2.86 bits per heavy atom. The van der Waals surface area contributed by atoms with E-state index < -0.39 is 0 Å². The Labute approximate surface area is 127 Å². The second-order valence-electron chi connectivity index (χ2n) is 6.10. The maximum absolute atomic E-state index is 12.8. The summed E-state index contributed by atoms with van der Waals surface area (Å²) in [6.45, 7) is 3.80. The lowest BCUT2D eigenvalue weighted by Crippen LogP contribution is -2.41. The molecule has 2 saturated heterocycles. The molecule has 2 aliphatic rings. The highest BCUT2D eigenvalue weighted by molar-refractivity contribution is 5.81. The zero-order valence-electron chi connectivity index (χ0n) is 12.9. The van der Waals surface area contributed by atoms with Gasteiger partial charge in [0.1, 0.15) is 6.10 Å². The molecule has 0 spiro atoms. The summed E-state index contributed by atoms with van der Waals surface area (Å²) in [7, 11) is 0. The van der Waals surface area contributed by atoms with E-state index in [1.807, 2.05) is 0 Å². The quantitative estimate of drug-likeness (QED) is 0.852. The van der Waals surface area contributed by atoms with Gasteiger partial charge in [-0.05, 0) is 49.7 Å². The van der Waals surface area contributed by atoms with Gasteiger partial charge in [0.25, 0.3) is 5.91 Å². The van der Waals surface area contributed by atoms with Crippen molar-refractivity contribution in [3.63, 3.8) is 0 Å². The number of aryl methyl sites for hydroxylation is 1. The van der Waals surface area contributed by atoms with Crippen LogP contribution < -0.4 is 0 Å². The van der Waals surface area contributed by atoms with Crippen molar-refractivity contribution in [1.29, 1.82) is 0 Å². The van der Waals surface area contributed by atoms with Crippen LogP contribution in [0.15, 0.2) is 24.3 Å². The van der Waals surface area contributed by atoms with Crippen LogP contribution in [0.3, 0.4) is 0 Å². The molecule has 0 N–H and O–H groups in total. The molecule has 1 aromatic rings. The fraction of sp³-hybridized carbons (Fsp3) is 0.611. The first-order chi connectivity index (χ1) is 10.3. The minimum Gasteiger partial charge on any atom is -0.368 e. The summed E-state index contributed by atoms with van der Waals surface area (Å²) in [5, 5.41) is 0. The van der Waals surface area contributed by atoms with Gasteiger partial charge in [0.05, 0.1) is 6.04 Å². The zero-order chi connectivity index (χ0) is 14.7. The Kier molecular flexibility index (Phi) is 4.59. The third-order valence-electron chi connectivity index (χ3n) is 4.79. The maximum atomic E-state index is 12.8. The van der Waals surface area contributed by atoms with E-state index >= 15 is 0 Å². The summed E-state index contributed by atoms with van der Waals surface area (Å²) in [6.07, 6.45) is 6.09. The van der Waals surface area contributed by atoms with E-state index in [1.165, 1.54) is 11.1 Å². The summed E-state index contributed by atoms with van der Waals surface area (Å²) < 4.78 is 5.70. The molecule has 2 aliphatic heterocycles. The van der Waals surface area contributed by atoms with E-state index in [2.05, 4.69) is 36.1 Å². The van der Waals surface area contributed by atoms with Crippen molar-refractivity contribution in [3.05, 3.63) is 35.4 Å². The van der Waals surface area contributed by atoms with Crippen molar-refractivity contribution in [1.82, 2.24) is 4.90 Å². The lowest BCUT2D eigenvalue weighted by atomic mass is 9.96. The number of ether oxygens (including phenoxy) is 1. The minimum absolute atomic E-state index is 0.201. The summed E-state index contributed by atoms with van der Waals surface area (Å²) >= 11 is 0. The highest BCUT2D eigenvalue weighted by atomic mass is 16.5. The van der Waals surface area contributed by atoms with E-state index in [0.29, 0.717) is 0 Å². The molecule has 1 amide bonds. The molecule has 21 heavy (non-hydrogen) atoms. The molecule has 0 aromatic heterocycles. The van der Waals surface area contributed by atoms with Crippen LogP contribution in [0.5, 0.6) is 0 Å². The first-order valence-corrected chi connectivity index (χ1v) is 8.31. The second-order valence-corrected chi connectivity index (χ2v) is 6.10. The van der Waals surface area contributed by atoms with Crippen molar-refractivity contribution in [2.45, 2.75) is 57.6 Å². The fourth-order valence-corrected chi connectivity index (χ4v) is 3.66. The molecule has 2 heterocycles.